The zero-order valence-electron chi connectivity index (χ0n) is 17.4. The van der Waals surface area contributed by atoms with Crippen molar-refractivity contribution in [2.24, 2.45) is 0 Å². The van der Waals surface area contributed by atoms with Gasteiger partial charge in [-0.05, 0) is 40.7 Å². The van der Waals surface area contributed by atoms with E-state index in [1.807, 2.05) is 0 Å². The smallest absolute Gasteiger partial charge is 0.0483 e. The first kappa shape index (κ1) is 25.1. The third-order valence-electron chi connectivity index (χ3n) is 3.92. The van der Waals surface area contributed by atoms with Crippen LogP contribution in [0.15, 0.2) is 0 Å². The highest BCUT2D eigenvalue weighted by atomic mass is 32.1. The molecule has 0 aliphatic rings. The fraction of sp³-hybridized carbons (Fsp3) is 1.00. The predicted octanol–water partition coefficient (Wildman–Crippen LogP) is 1.32. The molecule has 0 radical (unpaired) electrons. The Labute approximate surface area is 162 Å². The first-order valence-corrected chi connectivity index (χ1v) is 10.3. The topological polar surface area (TPSA) is 54.6 Å². The number of rotatable bonds is 17. The molecule has 0 amide bonds. The van der Waals surface area contributed by atoms with E-state index in [9.17, 15) is 0 Å². The molecule has 0 saturated carbocycles. The zero-order valence-corrected chi connectivity index (χ0v) is 18.3. The third kappa shape index (κ3) is 17.3. The van der Waals surface area contributed by atoms with Gasteiger partial charge in [0.05, 0.1) is 0 Å². The van der Waals surface area contributed by atoms with Crippen LogP contribution in [0.5, 0.6) is 0 Å². The molecular formula is C18H44N6S. The Hall–Kier alpha value is 0.110. The van der Waals surface area contributed by atoms with E-state index in [4.69, 9.17) is 0 Å². The molecule has 0 aromatic heterocycles. The van der Waals surface area contributed by atoms with Crippen LogP contribution >= 0.6 is 12.8 Å². The Morgan fingerprint density at radius 3 is 1.56 bits per heavy atom. The van der Waals surface area contributed by atoms with E-state index in [2.05, 4.69) is 84.8 Å². The summed E-state index contributed by atoms with van der Waals surface area (Å²) in [6, 6.07) is 1.59. The van der Waals surface area contributed by atoms with Crippen molar-refractivity contribution in [3.63, 3.8) is 0 Å². The molecular weight excluding hydrogens is 332 g/mol. The Bertz CT molecular complexity index is 289. The summed E-state index contributed by atoms with van der Waals surface area (Å²) >= 11 is 4.12. The van der Waals surface area contributed by atoms with Gasteiger partial charge in [-0.1, -0.05) is 26.7 Å². The van der Waals surface area contributed by atoms with Gasteiger partial charge < -0.3 is 16.0 Å². The number of hydrogen-bond donors (Lipinski definition) is 5. The minimum atomic E-state index is 0.507. The van der Waals surface area contributed by atoms with Crippen LogP contribution in [-0.2, 0) is 0 Å². The van der Waals surface area contributed by atoms with Crippen LogP contribution in [0.1, 0.15) is 48.0 Å². The minimum Gasteiger partial charge on any atom is -0.314 e. The van der Waals surface area contributed by atoms with Gasteiger partial charge in [-0.25, -0.2) is 0 Å². The maximum absolute atomic E-state index is 4.12. The molecule has 0 atom stereocenters. The van der Waals surface area contributed by atoms with Crippen LogP contribution in [0.2, 0.25) is 0 Å². The van der Waals surface area contributed by atoms with Crippen LogP contribution < -0.4 is 20.7 Å². The highest BCUT2D eigenvalue weighted by Gasteiger charge is 2.10. The summed E-state index contributed by atoms with van der Waals surface area (Å²) in [5.41, 5.74) is 0. The van der Waals surface area contributed by atoms with Crippen molar-refractivity contribution in [1.29, 1.82) is 0 Å². The van der Waals surface area contributed by atoms with Crippen LogP contribution in [0.25, 0.3) is 0 Å². The largest absolute Gasteiger partial charge is 0.314 e. The first-order valence-electron chi connectivity index (χ1n) is 9.87. The lowest BCUT2D eigenvalue weighted by molar-refractivity contribution is 0.180. The maximum Gasteiger partial charge on any atom is 0.0483 e. The lowest BCUT2D eigenvalue weighted by Crippen LogP contribution is -2.46. The lowest BCUT2D eigenvalue weighted by Gasteiger charge is -2.29. The number of nitrogens with one attached hydrogen (secondary N) is 4. The molecule has 4 N–H and O–H groups in total. The number of nitrogens with zero attached hydrogens (tertiary/aromatic N) is 2. The Morgan fingerprint density at radius 1 is 0.640 bits per heavy atom. The Morgan fingerprint density at radius 2 is 1.12 bits per heavy atom. The average molecular weight is 377 g/mol. The van der Waals surface area contributed by atoms with Gasteiger partial charge in [0, 0.05) is 64.2 Å². The van der Waals surface area contributed by atoms with Crippen LogP contribution in [0.4, 0.5) is 0 Å². The Kier molecular flexibility index (Phi) is 16.4. The van der Waals surface area contributed by atoms with Crippen LogP contribution in [0, 0.1) is 0 Å². The number of hydrogen-bond acceptors (Lipinski definition) is 7. The summed E-state index contributed by atoms with van der Waals surface area (Å²) in [4.78, 5) is 4.98. The van der Waals surface area contributed by atoms with Gasteiger partial charge in [0.2, 0.25) is 0 Å². The fourth-order valence-electron chi connectivity index (χ4n) is 2.35. The van der Waals surface area contributed by atoms with Gasteiger partial charge in [0.15, 0.2) is 0 Å². The second-order valence-electron chi connectivity index (χ2n) is 7.64. The summed E-state index contributed by atoms with van der Waals surface area (Å²) in [6.45, 7) is 21.3. The molecule has 0 aromatic carbocycles. The van der Waals surface area contributed by atoms with E-state index in [0.717, 1.165) is 52.6 Å². The van der Waals surface area contributed by atoms with E-state index >= 15 is 0 Å². The highest BCUT2D eigenvalue weighted by molar-refractivity contribution is 7.78. The highest BCUT2D eigenvalue weighted by Crippen LogP contribution is 1.95. The van der Waals surface area contributed by atoms with E-state index in [1.54, 1.807) is 0 Å². The monoisotopic (exact) mass is 376 g/mol. The van der Waals surface area contributed by atoms with E-state index < -0.39 is 0 Å². The second-order valence-corrected chi connectivity index (χ2v) is 7.96. The minimum absolute atomic E-state index is 0.507. The van der Waals surface area contributed by atoms with Gasteiger partial charge in [0.1, 0.15) is 0 Å². The molecule has 0 aromatic rings. The van der Waals surface area contributed by atoms with Gasteiger partial charge in [-0.3, -0.25) is 14.5 Å². The molecule has 0 unspecified atom stereocenters. The van der Waals surface area contributed by atoms with Crippen LogP contribution in [0.3, 0.4) is 0 Å². The van der Waals surface area contributed by atoms with Crippen molar-refractivity contribution in [3.8, 4) is 0 Å². The first-order chi connectivity index (χ1) is 11.8. The van der Waals surface area contributed by atoms with Crippen molar-refractivity contribution in [2.75, 3.05) is 52.6 Å². The molecule has 0 spiro atoms. The fourth-order valence-corrected chi connectivity index (χ4v) is 2.45. The van der Waals surface area contributed by atoms with E-state index in [1.165, 1.54) is 6.42 Å². The molecule has 0 bridgehead atoms. The molecule has 0 heterocycles. The summed E-state index contributed by atoms with van der Waals surface area (Å²) in [6.07, 6.45) is 1.18. The molecule has 0 saturated heterocycles. The van der Waals surface area contributed by atoms with Gasteiger partial charge in [-0.15, -0.1) is 0 Å². The third-order valence-corrected chi connectivity index (χ3v) is 4.15. The second kappa shape index (κ2) is 16.3. The normalized spacial score (nSPS) is 12.5. The van der Waals surface area contributed by atoms with Crippen molar-refractivity contribution >= 4 is 12.8 Å². The van der Waals surface area contributed by atoms with Crippen molar-refractivity contribution < 1.29 is 0 Å². The molecule has 0 aliphatic carbocycles. The summed E-state index contributed by atoms with van der Waals surface area (Å²) in [7, 11) is 0. The molecule has 0 rings (SSSR count). The van der Waals surface area contributed by atoms with Crippen molar-refractivity contribution in [1.82, 2.24) is 30.5 Å². The molecule has 152 valence electrons. The SMILES string of the molecule is CC(C)NCCCN(CCN(CCNS)CNC(C)C)CNC(C)C. The van der Waals surface area contributed by atoms with Gasteiger partial charge in [0.25, 0.3) is 0 Å². The molecule has 6 nitrogen and oxygen atoms in total. The van der Waals surface area contributed by atoms with Crippen molar-refractivity contribution in [3.05, 3.63) is 0 Å². The predicted molar refractivity (Wildman–Crippen MR) is 114 cm³/mol. The van der Waals surface area contributed by atoms with Crippen molar-refractivity contribution in [2.45, 2.75) is 66.1 Å². The standard InChI is InChI=1S/C18H44N6S/c1-16(2)19-8-7-10-23(14-20-17(3)4)12-13-24(11-9-22-25)15-21-18(5)6/h16-22,25H,7-15H2,1-6H3. The lowest BCUT2D eigenvalue weighted by atomic mass is 10.3. The average Bonchev–Trinajstić information content (AvgIpc) is 2.54. The molecule has 0 fully saturated rings. The zero-order chi connectivity index (χ0) is 19.1. The summed E-state index contributed by atoms with van der Waals surface area (Å²) in [5, 5.41) is 10.6. The van der Waals surface area contributed by atoms with E-state index in [-0.39, 0.29) is 0 Å². The Balaban J connectivity index is 4.33. The molecule has 25 heavy (non-hydrogen) atoms. The maximum atomic E-state index is 4.12. The summed E-state index contributed by atoms with van der Waals surface area (Å²) in [5.74, 6) is 0. The van der Waals surface area contributed by atoms with Gasteiger partial charge in [-0.2, -0.15) is 0 Å². The van der Waals surface area contributed by atoms with Crippen LogP contribution in [-0.4, -0.2) is 80.5 Å². The molecule has 0 aliphatic heterocycles. The molecule has 7 heteroatoms. The quantitative estimate of drug-likeness (QED) is 0.150. The number of thiol groups is 1. The van der Waals surface area contributed by atoms with E-state index in [0.29, 0.717) is 18.1 Å². The van der Waals surface area contributed by atoms with Gasteiger partial charge >= 0.3 is 0 Å². The summed E-state index contributed by atoms with van der Waals surface area (Å²) < 4.78 is 2.96.